The van der Waals surface area contributed by atoms with E-state index in [1.807, 2.05) is 13.0 Å². The third-order valence-corrected chi connectivity index (χ3v) is 5.75. The zero-order chi connectivity index (χ0) is 20.2. The molecule has 7 nitrogen and oxygen atoms in total. The van der Waals surface area contributed by atoms with Gasteiger partial charge in [0.05, 0.1) is 17.7 Å². The highest BCUT2D eigenvalue weighted by Crippen LogP contribution is 2.26. The highest BCUT2D eigenvalue weighted by atomic mass is 79.9. The van der Waals surface area contributed by atoms with Gasteiger partial charge in [-0.15, -0.1) is 0 Å². The molecule has 27 heavy (non-hydrogen) atoms. The summed E-state index contributed by atoms with van der Waals surface area (Å²) >= 11 is 3.31. The number of carbonyl (C=O) groups excluding carboxylic acids is 2. The lowest BCUT2D eigenvalue weighted by atomic mass is 10.2. The predicted octanol–water partition coefficient (Wildman–Crippen LogP) is 2.80. The van der Waals surface area contributed by atoms with Crippen LogP contribution in [0.2, 0.25) is 0 Å². The summed E-state index contributed by atoms with van der Waals surface area (Å²) in [4.78, 5) is 24.8. The van der Waals surface area contributed by atoms with Gasteiger partial charge in [0.2, 0.25) is 0 Å². The molecule has 2 rings (SSSR count). The van der Waals surface area contributed by atoms with Gasteiger partial charge in [-0.1, -0.05) is 12.1 Å². The number of sulfonamides is 1. The van der Waals surface area contributed by atoms with Crippen molar-refractivity contribution < 1.29 is 22.7 Å². The van der Waals surface area contributed by atoms with Crippen LogP contribution in [-0.4, -0.2) is 45.9 Å². The highest BCUT2D eigenvalue weighted by Gasteiger charge is 2.20. The summed E-state index contributed by atoms with van der Waals surface area (Å²) in [5.41, 5.74) is 1.44. The normalized spacial score (nSPS) is 11.0. The van der Waals surface area contributed by atoms with E-state index in [1.54, 1.807) is 12.1 Å². The molecule has 0 aliphatic carbocycles. The van der Waals surface area contributed by atoms with Crippen molar-refractivity contribution in [2.45, 2.75) is 11.8 Å². The SMILES string of the molecule is COC(=O)CN(C)C(=O)c1cccc(S(=O)(=O)Nc2cc(C)ccc2Br)c1. The second kappa shape index (κ2) is 8.53. The monoisotopic (exact) mass is 454 g/mol. The van der Waals surface area contributed by atoms with Crippen molar-refractivity contribution in [1.82, 2.24) is 4.90 Å². The third-order valence-electron chi connectivity index (χ3n) is 3.70. The van der Waals surface area contributed by atoms with E-state index in [4.69, 9.17) is 0 Å². The fourth-order valence-corrected chi connectivity index (χ4v) is 3.86. The molecule has 144 valence electrons. The minimum atomic E-state index is -3.90. The van der Waals surface area contributed by atoms with Crippen LogP contribution < -0.4 is 4.72 Å². The van der Waals surface area contributed by atoms with Crippen LogP contribution in [0, 0.1) is 6.92 Å². The van der Waals surface area contributed by atoms with Crippen molar-refractivity contribution in [3.05, 3.63) is 58.1 Å². The molecule has 1 amide bonds. The van der Waals surface area contributed by atoms with E-state index in [0.29, 0.717) is 10.2 Å². The molecular formula is C18H19BrN2O5S. The number of rotatable bonds is 6. The maximum Gasteiger partial charge on any atom is 0.325 e. The number of nitrogens with one attached hydrogen (secondary N) is 1. The summed E-state index contributed by atoms with van der Waals surface area (Å²) in [6, 6.07) is 10.9. The number of halogens is 1. The van der Waals surface area contributed by atoms with E-state index in [9.17, 15) is 18.0 Å². The first-order valence-electron chi connectivity index (χ1n) is 7.85. The number of hydrogen-bond donors (Lipinski definition) is 1. The number of nitrogens with zero attached hydrogens (tertiary/aromatic N) is 1. The fraction of sp³-hybridized carbons (Fsp3) is 0.222. The summed E-state index contributed by atoms with van der Waals surface area (Å²) < 4.78 is 33.0. The van der Waals surface area contributed by atoms with E-state index in [1.165, 1.54) is 38.4 Å². The lowest BCUT2D eigenvalue weighted by Crippen LogP contribution is -2.32. The van der Waals surface area contributed by atoms with Crippen molar-refractivity contribution in [3.8, 4) is 0 Å². The standard InChI is InChI=1S/C18H19BrN2O5S/c1-12-7-8-15(19)16(9-12)20-27(24,25)14-6-4-5-13(10-14)18(23)21(2)11-17(22)26-3/h4-10,20H,11H2,1-3H3. The number of esters is 1. The largest absolute Gasteiger partial charge is 0.468 e. The Labute approximate surface area is 166 Å². The fourth-order valence-electron chi connectivity index (χ4n) is 2.27. The van der Waals surface area contributed by atoms with E-state index < -0.39 is 21.9 Å². The van der Waals surface area contributed by atoms with Gasteiger partial charge in [0.25, 0.3) is 15.9 Å². The Bertz CT molecular complexity index is 975. The first-order chi connectivity index (χ1) is 12.6. The number of carbonyl (C=O) groups is 2. The zero-order valence-electron chi connectivity index (χ0n) is 15.0. The molecule has 1 N–H and O–H groups in total. The average molecular weight is 455 g/mol. The molecule has 2 aromatic rings. The predicted molar refractivity (Wildman–Crippen MR) is 105 cm³/mol. The van der Waals surface area contributed by atoms with Crippen LogP contribution in [0.1, 0.15) is 15.9 Å². The Hall–Kier alpha value is -2.39. The van der Waals surface area contributed by atoms with Crippen LogP contribution in [0.4, 0.5) is 5.69 Å². The van der Waals surface area contributed by atoms with E-state index >= 15 is 0 Å². The number of amides is 1. The van der Waals surface area contributed by atoms with E-state index in [0.717, 1.165) is 10.5 Å². The molecule has 0 spiro atoms. The Balaban J connectivity index is 2.29. The van der Waals surface area contributed by atoms with Crippen molar-refractivity contribution in [2.75, 3.05) is 25.4 Å². The molecule has 0 fully saturated rings. The Morgan fingerprint density at radius 2 is 1.89 bits per heavy atom. The molecule has 9 heteroatoms. The van der Waals surface area contributed by atoms with Crippen LogP contribution in [-0.2, 0) is 19.6 Å². The van der Waals surface area contributed by atoms with Crippen molar-refractivity contribution in [3.63, 3.8) is 0 Å². The lowest BCUT2D eigenvalue weighted by Gasteiger charge is -2.16. The zero-order valence-corrected chi connectivity index (χ0v) is 17.4. The van der Waals surface area contributed by atoms with Gasteiger partial charge in [-0.05, 0) is 58.7 Å². The maximum absolute atomic E-state index is 12.7. The van der Waals surface area contributed by atoms with Gasteiger partial charge in [0.1, 0.15) is 6.54 Å². The molecule has 0 saturated carbocycles. The molecule has 2 aromatic carbocycles. The van der Waals surface area contributed by atoms with Crippen LogP contribution >= 0.6 is 15.9 Å². The number of aryl methyl sites for hydroxylation is 1. The van der Waals surface area contributed by atoms with Crippen LogP contribution in [0.3, 0.4) is 0 Å². The van der Waals surface area contributed by atoms with Gasteiger partial charge in [0.15, 0.2) is 0 Å². The summed E-state index contributed by atoms with van der Waals surface area (Å²) in [6.45, 7) is 1.61. The Morgan fingerprint density at radius 1 is 1.19 bits per heavy atom. The molecule has 0 aliphatic rings. The van der Waals surface area contributed by atoms with E-state index in [-0.39, 0.29) is 17.0 Å². The number of methoxy groups -OCH3 is 1. The van der Waals surface area contributed by atoms with Gasteiger partial charge >= 0.3 is 5.97 Å². The molecule has 0 aliphatic heterocycles. The van der Waals surface area contributed by atoms with Gasteiger partial charge in [-0.3, -0.25) is 14.3 Å². The molecule has 0 bridgehead atoms. The molecular weight excluding hydrogens is 436 g/mol. The Morgan fingerprint density at radius 3 is 2.56 bits per heavy atom. The number of hydrogen-bond acceptors (Lipinski definition) is 5. The molecule has 0 saturated heterocycles. The van der Waals surface area contributed by atoms with Crippen LogP contribution in [0.5, 0.6) is 0 Å². The van der Waals surface area contributed by atoms with Gasteiger partial charge in [-0.2, -0.15) is 0 Å². The number of ether oxygens (including phenoxy) is 1. The molecule has 0 radical (unpaired) electrons. The maximum atomic E-state index is 12.7. The topological polar surface area (TPSA) is 92.8 Å². The quantitative estimate of drug-likeness (QED) is 0.677. The summed E-state index contributed by atoms with van der Waals surface area (Å²) in [5.74, 6) is -1.06. The van der Waals surface area contributed by atoms with Crippen molar-refractivity contribution in [1.29, 1.82) is 0 Å². The molecule has 0 atom stereocenters. The minimum Gasteiger partial charge on any atom is -0.468 e. The van der Waals surface area contributed by atoms with Gasteiger partial charge < -0.3 is 9.64 Å². The second-order valence-electron chi connectivity index (χ2n) is 5.85. The van der Waals surface area contributed by atoms with E-state index in [2.05, 4.69) is 25.4 Å². The molecule has 0 heterocycles. The smallest absolute Gasteiger partial charge is 0.325 e. The van der Waals surface area contributed by atoms with Gasteiger partial charge in [0, 0.05) is 17.1 Å². The minimum absolute atomic E-state index is 0.0618. The Kier molecular flexibility index (Phi) is 6.61. The molecule has 0 unspecified atom stereocenters. The third kappa shape index (κ3) is 5.30. The van der Waals surface area contributed by atoms with Gasteiger partial charge in [-0.25, -0.2) is 8.42 Å². The number of anilines is 1. The van der Waals surface area contributed by atoms with Crippen molar-refractivity contribution in [2.24, 2.45) is 0 Å². The van der Waals surface area contributed by atoms with Crippen LogP contribution in [0.15, 0.2) is 51.8 Å². The number of benzene rings is 2. The highest BCUT2D eigenvalue weighted by molar-refractivity contribution is 9.10. The lowest BCUT2D eigenvalue weighted by molar-refractivity contribution is -0.141. The summed E-state index contributed by atoms with van der Waals surface area (Å²) in [6.07, 6.45) is 0. The first-order valence-corrected chi connectivity index (χ1v) is 10.1. The van der Waals surface area contributed by atoms with Crippen LogP contribution in [0.25, 0.3) is 0 Å². The summed E-state index contributed by atoms with van der Waals surface area (Å²) in [7, 11) is -1.25. The average Bonchev–Trinajstić information content (AvgIpc) is 2.63. The van der Waals surface area contributed by atoms with Crippen molar-refractivity contribution >= 4 is 43.5 Å². The summed E-state index contributed by atoms with van der Waals surface area (Å²) in [5, 5.41) is 0. The number of likely N-dealkylation sites (N-methyl/N-ethyl adjacent to an activating group) is 1. The first kappa shape index (κ1) is 20.9. The molecule has 0 aromatic heterocycles. The second-order valence-corrected chi connectivity index (χ2v) is 8.39.